The number of nitrogens with one attached hydrogen (secondary N) is 2. The van der Waals surface area contributed by atoms with Crippen molar-refractivity contribution >= 4 is 22.4 Å². The average molecular weight is 351 g/mol. The zero-order valence-electron chi connectivity index (χ0n) is 16.0. The van der Waals surface area contributed by atoms with Gasteiger partial charge < -0.3 is 10.3 Å². The fourth-order valence-corrected chi connectivity index (χ4v) is 4.55. The van der Waals surface area contributed by atoms with Gasteiger partial charge in [-0.05, 0) is 49.6 Å². The molecule has 0 radical (unpaired) electrons. The number of carbonyl (C=O) groups excluding carboxylic acids is 1. The summed E-state index contributed by atoms with van der Waals surface area (Å²) in [6.07, 6.45) is 8.77. The molecular formula is C22H29N3O. The molecular weight excluding hydrogens is 322 g/mol. The number of hydrogen-bond acceptors (Lipinski definition) is 2. The molecule has 0 spiro atoms. The van der Waals surface area contributed by atoms with E-state index < -0.39 is 0 Å². The largest absolute Gasteiger partial charge is 0.361 e. The van der Waals surface area contributed by atoms with Crippen LogP contribution >= 0.6 is 0 Å². The normalized spacial score (nSPS) is 23.4. The maximum absolute atomic E-state index is 12.8. The molecule has 1 unspecified atom stereocenters. The van der Waals surface area contributed by atoms with Gasteiger partial charge in [-0.1, -0.05) is 38.0 Å². The molecule has 2 aromatic rings. The van der Waals surface area contributed by atoms with Gasteiger partial charge in [-0.2, -0.15) is 0 Å². The molecule has 2 N–H and O–H groups in total. The highest BCUT2D eigenvalue weighted by molar-refractivity contribution is 5.99. The van der Waals surface area contributed by atoms with Gasteiger partial charge >= 0.3 is 0 Å². The van der Waals surface area contributed by atoms with E-state index in [0.29, 0.717) is 6.04 Å². The lowest BCUT2D eigenvalue weighted by atomic mass is 9.80. The van der Waals surface area contributed by atoms with Crippen molar-refractivity contribution in [3.8, 4) is 0 Å². The number of unbranched alkanes of at least 4 members (excludes halogenated alkanes) is 1. The van der Waals surface area contributed by atoms with E-state index in [1.807, 2.05) is 0 Å². The zero-order valence-corrected chi connectivity index (χ0v) is 16.0. The summed E-state index contributed by atoms with van der Waals surface area (Å²) in [5, 5.41) is 4.56. The molecule has 0 bridgehead atoms. The second kappa shape index (κ2) is 6.92. The van der Waals surface area contributed by atoms with Crippen LogP contribution < -0.4 is 5.32 Å². The minimum absolute atomic E-state index is 0.0777. The highest BCUT2D eigenvalue weighted by atomic mass is 16.2. The first-order chi connectivity index (χ1) is 12.6. The highest BCUT2D eigenvalue weighted by Gasteiger charge is 2.35. The number of carbonyl (C=O) groups is 1. The first-order valence-electron chi connectivity index (χ1n) is 9.90. The molecule has 2 heterocycles. The van der Waals surface area contributed by atoms with Gasteiger partial charge in [-0.25, -0.2) is 0 Å². The summed E-state index contributed by atoms with van der Waals surface area (Å²) in [6, 6.07) is 7.06. The van der Waals surface area contributed by atoms with E-state index >= 15 is 0 Å². The molecule has 1 aliphatic carbocycles. The standard InChI is InChI=1S/C22H29N3O/c1-4-5-7-14(2)24-22(26)16-10-18-17-8-6-9-19-21(17)15(12-23-19)11-20(18)25(3)13-16/h6,8-10,12,14,16,20,23H,4-5,7,11,13H2,1-3H3,(H,24,26)/t14?,16-,20-/m1/s1. The Balaban J connectivity index is 1.63. The molecule has 0 saturated carbocycles. The number of aromatic amines is 1. The van der Waals surface area contributed by atoms with Crippen molar-refractivity contribution in [2.45, 2.75) is 51.6 Å². The van der Waals surface area contributed by atoms with Crippen LogP contribution in [0.25, 0.3) is 16.5 Å². The van der Waals surface area contributed by atoms with Crippen molar-refractivity contribution in [3.05, 3.63) is 41.6 Å². The van der Waals surface area contributed by atoms with E-state index in [4.69, 9.17) is 0 Å². The van der Waals surface area contributed by atoms with E-state index in [1.54, 1.807) is 0 Å². The Bertz CT molecular complexity index is 850. The van der Waals surface area contributed by atoms with Crippen molar-refractivity contribution in [2.75, 3.05) is 13.6 Å². The highest BCUT2D eigenvalue weighted by Crippen LogP contribution is 2.40. The van der Waals surface area contributed by atoms with E-state index in [2.05, 4.69) is 66.6 Å². The van der Waals surface area contributed by atoms with Crippen LogP contribution in [0.1, 0.15) is 44.2 Å². The van der Waals surface area contributed by atoms with Gasteiger partial charge in [0.15, 0.2) is 0 Å². The van der Waals surface area contributed by atoms with E-state index in [-0.39, 0.29) is 17.9 Å². The van der Waals surface area contributed by atoms with E-state index in [0.717, 1.165) is 25.8 Å². The van der Waals surface area contributed by atoms with Gasteiger partial charge in [0.1, 0.15) is 0 Å². The lowest BCUT2D eigenvalue weighted by Crippen LogP contribution is -2.47. The fourth-order valence-electron chi connectivity index (χ4n) is 4.55. The average Bonchev–Trinajstić information content (AvgIpc) is 3.05. The third-order valence-corrected chi connectivity index (χ3v) is 5.98. The van der Waals surface area contributed by atoms with Crippen LogP contribution in [0.3, 0.4) is 0 Å². The van der Waals surface area contributed by atoms with Gasteiger partial charge in [0.05, 0.1) is 5.92 Å². The van der Waals surface area contributed by atoms with Gasteiger partial charge in [0, 0.05) is 35.7 Å². The monoisotopic (exact) mass is 351 g/mol. The lowest BCUT2D eigenvalue weighted by molar-refractivity contribution is -0.125. The Kier molecular flexibility index (Phi) is 4.62. The topological polar surface area (TPSA) is 48.1 Å². The number of likely N-dealkylation sites (N-methyl/N-ethyl adjacent to an activating group) is 1. The van der Waals surface area contributed by atoms with Gasteiger partial charge in [0.2, 0.25) is 5.91 Å². The molecule has 1 aromatic carbocycles. The number of nitrogens with zero attached hydrogens (tertiary/aromatic N) is 1. The van der Waals surface area contributed by atoms with Crippen LogP contribution in [0.15, 0.2) is 30.5 Å². The summed E-state index contributed by atoms with van der Waals surface area (Å²) in [5.74, 6) is 0.0875. The van der Waals surface area contributed by atoms with Crippen LogP contribution in [-0.4, -0.2) is 41.5 Å². The summed E-state index contributed by atoms with van der Waals surface area (Å²) >= 11 is 0. The molecule has 4 heteroatoms. The molecule has 1 amide bonds. The first kappa shape index (κ1) is 17.3. The number of amides is 1. The predicted molar refractivity (Wildman–Crippen MR) is 107 cm³/mol. The fraction of sp³-hybridized carbons (Fsp3) is 0.500. The Morgan fingerprint density at radius 1 is 1.42 bits per heavy atom. The quantitative estimate of drug-likeness (QED) is 0.862. The molecule has 2 aliphatic rings. The molecule has 4 nitrogen and oxygen atoms in total. The van der Waals surface area contributed by atoms with Gasteiger partial charge in [0.25, 0.3) is 0 Å². The number of fused-ring (bicyclic) bond motifs is 2. The van der Waals surface area contributed by atoms with Crippen molar-refractivity contribution in [1.82, 2.24) is 15.2 Å². The molecule has 1 aromatic heterocycles. The van der Waals surface area contributed by atoms with E-state index in [1.165, 1.54) is 34.0 Å². The van der Waals surface area contributed by atoms with Crippen LogP contribution in [0.4, 0.5) is 0 Å². The Labute approximate surface area is 155 Å². The SMILES string of the molecule is CCCCC(C)NC(=O)[C@@H]1C=C2c3cccc4[nH]cc(c34)C[C@H]2N(C)C1. The van der Waals surface area contributed by atoms with Gasteiger partial charge in [-0.15, -0.1) is 0 Å². The number of hydrogen-bond donors (Lipinski definition) is 2. The van der Waals surface area contributed by atoms with Gasteiger partial charge in [-0.3, -0.25) is 9.69 Å². The molecule has 26 heavy (non-hydrogen) atoms. The lowest BCUT2D eigenvalue weighted by Gasteiger charge is -2.39. The minimum Gasteiger partial charge on any atom is -0.361 e. The molecule has 0 fully saturated rings. The first-order valence-corrected chi connectivity index (χ1v) is 9.90. The van der Waals surface area contributed by atoms with Crippen molar-refractivity contribution in [1.29, 1.82) is 0 Å². The zero-order chi connectivity index (χ0) is 18.3. The molecule has 3 atom stereocenters. The van der Waals surface area contributed by atoms with Crippen LogP contribution in [0.5, 0.6) is 0 Å². The van der Waals surface area contributed by atoms with Crippen molar-refractivity contribution in [2.24, 2.45) is 5.92 Å². The smallest absolute Gasteiger partial charge is 0.228 e. The van der Waals surface area contributed by atoms with E-state index in [9.17, 15) is 4.79 Å². The molecule has 138 valence electrons. The number of aromatic nitrogens is 1. The second-order valence-electron chi connectivity index (χ2n) is 7.98. The Morgan fingerprint density at radius 3 is 3.08 bits per heavy atom. The molecule has 4 rings (SSSR count). The van der Waals surface area contributed by atoms with Crippen molar-refractivity contribution in [3.63, 3.8) is 0 Å². The maximum atomic E-state index is 12.8. The van der Waals surface area contributed by atoms with Crippen LogP contribution in [-0.2, 0) is 11.2 Å². The maximum Gasteiger partial charge on any atom is 0.228 e. The summed E-state index contributed by atoms with van der Waals surface area (Å²) in [6.45, 7) is 5.09. The summed E-state index contributed by atoms with van der Waals surface area (Å²) < 4.78 is 0. The van der Waals surface area contributed by atoms with Crippen molar-refractivity contribution < 1.29 is 4.79 Å². The van der Waals surface area contributed by atoms with Crippen LogP contribution in [0, 0.1) is 5.92 Å². The number of rotatable bonds is 5. The second-order valence-corrected chi connectivity index (χ2v) is 7.98. The van der Waals surface area contributed by atoms with Crippen LogP contribution in [0.2, 0.25) is 0 Å². The minimum atomic E-state index is -0.0777. The predicted octanol–water partition coefficient (Wildman–Crippen LogP) is 3.73. The molecule has 0 saturated heterocycles. The summed E-state index contributed by atoms with van der Waals surface area (Å²) in [7, 11) is 2.15. The Morgan fingerprint density at radius 2 is 2.27 bits per heavy atom. The Hall–Kier alpha value is -2.07. The summed E-state index contributed by atoms with van der Waals surface area (Å²) in [4.78, 5) is 18.6. The number of H-pyrrole nitrogens is 1. The number of benzene rings is 1. The molecule has 1 aliphatic heterocycles. The third-order valence-electron chi connectivity index (χ3n) is 5.98. The summed E-state index contributed by atoms with van der Waals surface area (Å²) in [5.41, 5.74) is 5.19. The third kappa shape index (κ3) is 2.96.